The number of amides is 2. The Morgan fingerprint density at radius 2 is 1.69 bits per heavy atom. The largest absolute Gasteiger partial charge is 0.486 e. The maximum Gasteiger partial charge on any atom is 0.410 e. The second kappa shape index (κ2) is 12.7. The summed E-state index contributed by atoms with van der Waals surface area (Å²) in [4.78, 5) is 43.9. The first-order chi connectivity index (χ1) is 21.5. The predicted molar refractivity (Wildman–Crippen MR) is 172 cm³/mol. The molecule has 0 bridgehead atoms. The Hall–Kier alpha value is -4.05. The van der Waals surface area contributed by atoms with E-state index in [1.165, 1.54) is 6.07 Å². The van der Waals surface area contributed by atoms with E-state index >= 15 is 0 Å². The van der Waals surface area contributed by atoms with Crippen molar-refractivity contribution < 1.29 is 23.8 Å². The first kappa shape index (κ1) is 31.0. The van der Waals surface area contributed by atoms with Crippen LogP contribution < -0.4 is 20.3 Å². The number of benzene rings is 2. The quantitative estimate of drug-likeness (QED) is 0.385. The summed E-state index contributed by atoms with van der Waals surface area (Å²) in [6, 6.07) is 13.5. The Labute approximate surface area is 264 Å². The Bertz CT molecular complexity index is 1630. The summed E-state index contributed by atoms with van der Waals surface area (Å²) in [5, 5.41) is 3.82. The normalized spacial score (nSPS) is 17.2. The summed E-state index contributed by atoms with van der Waals surface area (Å²) in [6.45, 7) is 11.9. The fourth-order valence-corrected chi connectivity index (χ4v) is 6.14. The highest BCUT2D eigenvalue weighted by Gasteiger charge is 2.32. The molecule has 0 unspecified atom stereocenters. The number of carbonyl (C=O) groups excluding carboxylic acids is 2. The van der Waals surface area contributed by atoms with Gasteiger partial charge in [-0.15, -0.1) is 0 Å². The minimum atomic E-state index is -0.606. The molecule has 6 rings (SSSR count). The lowest BCUT2D eigenvalue weighted by atomic mass is 10.0. The monoisotopic (exact) mass is 616 g/mol. The molecular formula is C35H44N4O6. The lowest BCUT2D eigenvalue weighted by Crippen LogP contribution is -2.49. The number of nitrogens with zero attached hydrogens (tertiary/aromatic N) is 3. The molecule has 45 heavy (non-hydrogen) atoms. The molecule has 10 nitrogen and oxygen atoms in total. The molecule has 0 atom stereocenters. The van der Waals surface area contributed by atoms with Crippen molar-refractivity contribution in [1.29, 1.82) is 0 Å². The number of aromatic nitrogens is 1. The van der Waals surface area contributed by atoms with Gasteiger partial charge in [-0.3, -0.25) is 9.59 Å². The van der Waals surface area contributed by atoms with Crippen molar-refractivity contribution in [1.82, 2.24) is 19.7 Å². The Morgan fingerprint density at radius 3 is 2.40 bits per heavy atom. The first-order valence-electron chi connectivity index (χ1n) is 16.1. The molecule has 0 radical (unpaired) electrons. The Balaban J connectivity index is 1.14. The van der Waals surface area contributed by atoms with Crippen LogP contribution in [0.2, 0.25) is 0 Å². The van der Waals surface area contributed by atoms with Gasteiger partial charge in [-0.05, 0) is 82.7 Å². The van der Waals surface area contributed by atoms with Gasteiger partial charge in [-0.1, -0.05) is 18.2 Å². The van der Waals surface area contributed by atoms with Crippen LogP contribution in [0.25, 0.3) is 10.9 Å². The van der Waals surface area contributed by atoms with E-state index in [1.54, 1.807) is 4.57 Å². The van der Waals surface area contributed by atoms with E-state index in [9.17, 15) is 14.4 Å². The zero-order chi connectivity index (χ0) is 31.7. The van der Waals surface area contributed by atoms with Crippen LogP contribution in [0.3, 0.4) is 0 Å². The van der Waals surface area contributed by atoms with Gasteiger partial charge in [0.2, 0.25) is 0 Å². The molecule has 3 heterocycles. The minimum absolute atomic E-state index is 0.0137. The van der Waals surface area contributed by atoms with Gasteiger partial charge >= 0.3 is 6.09 Å². The van der Waals surface area contributed by atoms with Crippen molar-refractivity contribution in [2.75, 3.05) is 32.8 Å². The highest BCUT2D eigenvalue weighted by atomic mass is 16.6. The van der Waals surface area contributed by atoms with Crippen molar-refractivity contribution in [2.45, 2.75) is 84.2 Å². The van der Waals surface area contributed by atoms with Gasteiger partial charge < -0.3 is 33.9 Å². The molecule has 0 spiro atoms. The van der Waals surface area contributed by atoms with Gasteiger partial charge in [0, 0.05) is 56.3 Å². The van der Waals surface area contributed by atoms with E-state index in [0.29, 0.717) is 44.2 Å². The van der Waals surface area contributed by atoms with E-state index in [4.69, 9.17) is 14.2 Å². The van der Waals surface area contributed by atoms with Gasteiger partial charge in [0.15, 0.2) is 11.5 Å². The van der Waals surface area contributed by atoms with Crippen molar-refractivity contribution in [3.63, 3.8) is 0 Å². The molecule has 1 saturated heterocycles. The molecular weight excluding hydrogens is 572 g/mol. The number of hydrogen-bond donors (Lipinski definition) is 1. The zero-order valence-corrected chi connectivity index (χ0v) is 26.8. The van der Waals surface area contributed by atoms with Crippen LogP contribution in [0.1, 0.15) is 67.9 Å². The molecule has 1 aromatic heterocycles. The molecule has 2 aliphatic heterocycles. The number of likely N-dealkylation sites (tertiary alicyclic amines) is 1. The van der Waals surface area contributed by atoms with Gasteiger partial charge in [-0.2, -0.15) is 0 Å². The molecule has 10 heteroatoms. The van der Waals surface area contributed by atoms with Crippen LogP contribution in [0, 0.1) is 6.92 Å². The van der Waals surface area contributed by atoms with Crippen LogP contribution >= 0.6 is 0 Å². The summed E-state index contributed by atoms with van der Waals surface area (Å²) in [5.41, 5.74) is 2.46. The number of piperidine rings is 1. The summed E-state index contributed by atoms with van der Waals surface area (Å²) in [7, 11) is 0. The third kappa shape index (κ3) is 7.44. The number of carbonyl (C=O) groups is 2. The average molecular weight is 617 g/mol. The maximum atomic E-state index is 13.4. The van der Waals surface area contributed by atoms with Crippen LogP contribution in [0.5, 0.6) is 11.5 Å². The van der Waals surface area contributed by atoms with Crippen LogP contribution in [0.15, 0.2) is 47.3 Å². The smallest absolute Gasteiger partial charge is 0.410 e. The Kier molecular flexibility index (Phi) is 8.77. The van der Waals surface area contributed by atoms with Gasteiger partial charge in [0.1, 0.15) is 18.8 Å². The first-order valence-corrected chi connectivity index (χ1v) is 16.1. The van der Waals surface area contributed by atoms with E-state index in [0.717, 1.165) is 66.6 Å². The molecule has 3 aliphatic rings. The molecule has 1 aliphatic carbocycles. The number of pyridine rings is 1. The highest BCUT2D eigenvalue weighted by molar-refractivity contribution is 6.06. The number of rotatable bonds is 8. The molecule has 2 fully saturated rings. The lowest BCUT2D eigenvalue weighted by Gasteiger charge is -2.39. The second-order valence-corrected chi connectivity index (χ2v) is 13.5. The summed E-state index contributed by atoms with van der Waals surface area (Å²) >= 11 is 0. The molecule has 3 aromatic rings. The van der Waals surface area contributed by atoms with E-state index < -0.39 is 5.60 Å². The molecule has 2 amide bonds. The third-order valence-corrected chi connectivity index (χ3v) is 8.65. The molecule has 1 N–H and O–H groups in total. The van der Waals surface area contributed by atoms with Crippen molar-refractivity contribution in [2.24, 2.45) is 0 Å². The van der Waals surface area contributed by atoms with Crippen molar-refractivity contribution >= 4 is 22.9 Å². The number of hydrogen-bond acceptors (Lipinski definition) is 7. The second-order valence-electron chi connectivity index (χ2n) is 13.5. The van der Waals surface area contributed by atoms with Gasteiger partial charge in [0.25, 0.3) is 11.5 Å². The van der Waals surface area contributed by atoms with E-state index in [1.807, 2.05) is 69.0 Å². The van der Waals surface area contributed by atoms with Gasteiger partial charge in [-0.25, -0.2) is 4.79 Å². The number of ether oxygens (including phenoxy) is 3. The predicted octanol–water partition coefficient (Wildman–Crippen LogP) is 4.88. The average Bonchev–Trinajstić information content (AvgIpc) is 3.82. The fraction of sp³-hybridized carbons (Fsp3) is 0.514. The number of nitrogens with one attached hydrogen (secondary N) is 1. The zero-order valence-electron chi connectivity index (χ0n) is 26.8. The topological polar surface area (TPSA) is 102 Å². The fourth-order valence-electron chi connectivity index (χ4n) is 6.14. The summed E-state index contributed by atoms with van der Waals surface area (Å²) in [6.07, 6.45) is 3.24. The number of fused-ring (bicyclic) bond motifs is 2. The van der Waals surface area contributed by atoms with E-state index in [2.05, 4.69) is 10.2 Å². The summed E-state index contributed by atoms with van der Waals surface area (Å²) < 4.78 is 19.1. The van der Waals surface area contributed by atoms with E-state index in [-0.39, 0.29) is 29.6 Å². The summed E-state index contributed by atoms with van der Waals surface area (Å²) in [5.74, 6) is 1.25. The SMILES string of the molecule is Cc1ccc2c(C(=O)NC3CC3)cc(=O)n(CCN3CCC(N(Cc4ccc5c(c4)OCCO5)C(=O)OC(C)(C)C)CC3)c2c1. The third-order valence-electron chi connectivity index (χ3n) is 8.65. The lowest BCUT2D eigenvalue weighted by molar-refractivity contribution is 0.00562. The van der Waals surface area contributed by atoms with Crippen molar-refractivity contribution in [3.8, 4) is 11.5 Å². The van der Waals surface area contributed by atoms with Crippen LogP contribution in [-0.4, -0.2) is 76.9 Å². The standard InChI is InChI=1S/C35H44N4O6/c1-23-5-9-27-28(33(41)36-25-7-8-25)21-32(40)38(29(27)19-23)16-15-37-13-11-26(12-14-37)39(34(42)45-35(2,3)4)22-24-6-10-30-31(20-24)44-18-17-43-30/h5-6,9-10,19-21,25-26H,7-8,11-18,22H2,1-4H3,(H,36,41). The molecule has 1 saturated carbocycles. The molecule has 240 valence electrons. The van der Waals surface area contributed by atoms with Crippen LogP contribution in [-0.2, 0) is 17.8 Å². The Morgan fingerprint density at radius 1 is 0.956 bits per heavy atom. The number of aryl methyl sites for hydroxylation is 1. The highest BCUT2D eigenvalue weighted by Crippen LogP contribution is 2.32. The van der Waals surface area contributed by atoms with Gasteiger partial charge in [0.05, 0.1) is 11.1 Å². The maximum absolute atomic E-state index is 13.4. The molecule has 2 aromatic carbocycles. The van der Waals surface area contributed by atoms with Crippen LogP contribution in [0.4, 0.5) is 4.79 Å². The minimum Gasteiger partial charge on any atom is -0.486 e. The van der Waals surface area contributed by atoms with Crippen molar-refractivity contribution in [3.05, 3.63) is 69.5 Å².